The molecular formula is C22H24N2O2S. The maximum atomic E-state index is 12.6. The van der Waals surface area contributed by atoms with Gasteiger partial charge in [-0.3, -0.25) is 5.21 Å². The molecule has 5 heteroatoms. The number of rotatable bonds is 7. The molecule has 2 N–H and O–H groups in total. The number of hydroxylamine groups is 2. The van der Waals surface area contributed by atoms with E-state index < -0.39 is 11.6 Å². The summed E-state index contributed by atoms with van der Waals surface area (Å²) in [6.45, 7) is 2.29. The first-order valence-corrected chi connectivity index (χ1v) is 9.97. The van der Waals surface area contributed by atoms with Gasteiger partial charge < -0.3 is 5.32 Å². The van der Waals surface area contributed by atoms with Crippen LogP contribution in [0.3, 0.4) is 0 Å². The average Bonchev–Trinajstić information content (AvgIpc) is 3.24. The second kappa shape index (κ2) is 8.84. The molecule has 2 aromatic carbocycles. The van der Waals surface area contributed by atoms with Crippen LogP contribution in [-0.2, 0) is 18.4 Å². The maximum absolute atomic E-state index is 12.6. The largest absolute Gasteiger partial charge is 0.342 e. The number of carbonyl (C=O) groups is 1. The van der Waals surface area contributed by atoms with Crippen LogP contribution in [0.15, 0.2) is 77.5 Å². The maximum Gasteiger partial charge on any atom is 0.342 e. The highest BCUT2D eigenvalue weighted by atomic mass is 32.1. The molecule has 2 amide bonds. The molecule has 0 saturated carbocycles. The smallest absolute Gasteiger partial charge is 0.336 e. The van der Waals surface area contributed by atoms with E-state index in [9.17, 15) is 10.0 Å². The fourth-order valence-electron chi connectivity index (χ4n) is 3.36. The second-order valence-electron chi connectivity index (χ2n) is 6.52. The van der Waals surface area contributed by atoms with Crippen LogP contribution in [-0.4, -0.2) is 22.8 Å². The molecular weight excluding hydrogens is 356 g/mol. The molecule has 0 aliphatic rings. The molecule has 0 saturated heterocycles. The minimum atomic E-state index is -0.901. The van der Waals surface area contributed by atoms with Crippen molar-refractivity contribution in [3.05, 3.63) is 94.2 Å². The lowest BCUT2D eigenvalue weighted by Crippen LogP contribution is -2.53. The number of urea groups is 1. The van der Waals surface area contributed by atoms with Gasteiger partial charge in [-0.25, -0.2) is 4.79 Å². The van der Waals surface area contributed by atoms with Crippen molar-refractivity contribution < 1.29 is 10.0 Å². The average molecular weight is 381 g/mol. The first-order valence-electron chi connectivity index (χ1n) is 9.03. The van der Waals surface area contributed by atoms with Crippen LogP contribution in [0.2, 0.25) is 0 Å². The molecule has 0 fully saturated rings. The zero-order chi connectivity index (χ0) is 19.1. The van der Waals surface area contributed by atoms with E-state index in [1.165, 1.54) is 0 Å². The first-order chi connectivity index (χ1) is 13.2. The Bertz CT molecular complexity index is 794. The van der Waals surface area contributed by atoms with E-state index in [0.717, 1.165) is 21.8 Å². The number of nitrogens with zero attached hydrogens (tertiary/aromatic N) is 1. The van der Waals surface area contributed by atoms with E-state index in [-0.39, 0.29) is 0 Å². The summed E-state index contributed by atoms with van der Waals surface area (Å²) in [5.74, 6) is 0. The highest BCUT2D eigenvalue weighted by Gasteiger charge is 2.42. The van der Waals surface area contributed by atoms with Crippen molar-refractivity contribution in [2.45, 2.75) is 25.3 Å². The Hall–Kier alpha value is -2.63. The highest BCUT2D eigenvalue weighted by Crippen LogP contribution is 2.36. The minimum absolute atomic E-state index is 0.451. The van der Waals surface area contributed by atoms with Crippen LogP contribution >= 0.6 is 11.3 Å². The van der Waals surface area contributed by atoms with Gasteiger partial charge >= 0.3 is 6.03 Å². The van der Waals surface area contributed by atoms with Gasteiger partial charge in [-0.05, 0) is 40.4 Å². The van der Waals surface area contributed by atoms with E-state index in [1.54, 1.807) is 11.3 Å². The second-order valence-corrected chi connectivity index (χ2v) is 7.30. The number of amides is 2. The van der Waals surface area contributed by atoms with Crippen molar-refractivity contribution in [1.29, 1.82) is 0 Å². The Morgan fingerprint density at radius 2 is 1.56 bits per heavy atom. The number of hydrogen-bond acceptors (Lipinski definition) is 3. The fourth-order valence-corrected chi connectivity index (χ4v) is 4.10. The van der Waals surface area contributed by atoms with Gasteiger partial charge in [0.1, 0.15) is 5.54 Å². The van der Waals surface area contributed by atoms with Gasteiger partial charge in [0, 0.05) is 19.4 Å². The highest BCUT2D eigenvalue weighted by molar-refractivity contribution is 7.08. The molecule has 0 unspecified atom stereocenters. The SMILES string of the molecule is CCNC(=O)N(O)C(Cc1ccccc1)(Cc1ccccc1)c1ccsc1. The number of carbonyl (C=O) groups excluding carboxylic acids is 1. The zero-order valence-corrected chi connectivity index (χ0v) is 16.2. The molecule has 0 bridgehead atoms. The topological polar surface area (TPSA) is 52.6 Å². The Kier molecular flexibility index (Phi) is 6.27. The predicted molar refractivity (Wildman–Crippen MR) is 109 cm³/mol. The molecule has 4 nitrogen and oxygen atoms in total. The molecule has 0 atom stereocenters. The van der Waals surface area contributed by atoms with E-state index in [4.69, 9.17) is 0 Å². The fraction of sp³-hybridized carbons (Fsp3) is 0.227. The van der Waals surface area contributed by atoms with Crippen LogP contribution < -0.4 is 5.32 Å². The van der Waals surface area contributed by atoms with Crippen LogP contribution in [0.4, 0.5) is 4.79 Å². The number of hydrogen-bond donors (Lipinski definition) is 2. The number of benzene rings is 2. The molecule has 0 radical (unpaired) electrons. The molecule has 140 valence electrons. The summed E-state index contributed by atoms with van der Waals surface area (Å²) in [6, 6.07) is 21.4. The summed E-state index contributed by atoms with van der Waals surface area (Å²) in [6.07, 6.45) is 1.01. The number of thiophene rings is 1. The summed E-state index contributed by atoms with van der Waals surface area (Å²) < 4.78 is 0. The lowest BCUT2D eigenvalue weighted by molar-refractivity contribution is -0.131. The standard InChI is InChI=1S/C22H24N2O2S/c1-2-23-21(25)24(26)22(20-13-14-27-17-20,15-18-9-5-3-6-10-18)16-19-11-7-4-8-12-19/h3-14,17,26H,2,15-16H2,1H3,(H,23,25). The summed E-state index contributed by atoms with van der Waals surface area (Å²) in [7, 11) is 0. The van der Waals surface area contributed by atoms with Crippen molar-refractivity contribution in [2.75, 3.05) is 6.54 Å². The lowest BCUT2D eigenvalue weighted by atomic mass is 9.79. The summed E-state index contributed by atoms with van der Waals surface area (Å²) in [4.78, 5) is 12.6. The van der Waals surface area contributed by atoms with Crippen molar-refractivity contribution in [3.63, 3.8) is 0 Å². The van der Waals surface area contributed by atoms with Crippen molar-refractivity contribution in [2.24, 2.45) is 0 Å². The van der Waals surface area contributed by atoms with Gasteiger partial charge in [0.05, 0.1) is 0 Å². The van der Waals surface area contributed by atoms with Crippen molar-refractivity contribution in [3.8, 4) is 0 Å². The molecule has 3 aromatic rings. The van der Waals surface area contributed by atoms with Crippen molar-refractivity contribution >= 4 is 17.4 Å². The van der Waals surface area contributed by atoms with Crippen LogP contribution in [0.25, 0.3) is 0 Å². The monoisotopic (exact) mass is 380 g/mol. The quantitative estimate of drug-likeness (QED) is 0.455. The van der Waals surface area contributed by atoms with Gasteiger partial charge in [0.2, 0.25) is 0 Å². The Morgan fingerprint density at radius 1 is 1.00 bits per heavy atom. The summed E-state index contributed by atoms with van der Waals surface area (Å²) in [5.41, 5.74) is 2.14. The third kappa shape index (κ3) is 4.38. The molecule has 0 aliphatic heterocycles. The zero-order valence-electron chi connectivity index (χ0n) is 15.3. The minimum Gasteiger partial charge on any atom is -0.336 e. The lowest BCUT2D eigenvalue weighted by Gasteiger charge is -2.40. The molecule has 0 spiro atoms. The first kappa shape index (κ1) is 19.1. The Balaban J connectivity index is 2.09. The van der Waals surface area contributed by atoms with E-state index in [2.05, 4.69) is 5.32 Å². The van der Waals surface area contributed by atoms with E-state index in [1.807, 2.05) is 84.4 Å². The predicted octanol–water partition coefficient (Wildman–Crippen LogP) is 4.85. The van der Waals surface area contributed by atoms with Crippen LogP contribution in [0, 0.1) is 0 Å². The molecule has 27 heavy (non-hydrogen) atoms. The van der Waals surface area contributed by atoms with Gasteiger partial charge in [-0.15, -0.1) is 0 Å². The Labute approximate surface area is 164 Å². The Morgan fingerprint density at radius 3 is 2.00 bits per heavy atom. The summed E-state index contributed by atoms with van der Waals surface area (Å²) >= 11 is 1.56. The number of nitrogens with one attached hydrogen (secondary N) is 1. The van der Waals surface area contributed by atoms with Gasteiger partial charge in [-0.1, -0.05) is 60.7 Å². The molecule has 0 aliphatic carbocycles. The molecule has 1 aromatic heterocycles. The van der Waals surface area contributed by atoms with Crippen LogP contribution in [0.5, 0.6) is 0 Å². The van der Waals surface area contributed by atoms with Gasteiger partial charge in [-0.2, -0.15) is 16.4 Å². The third-order valence-electron chi connectivity index (χ3n) is 4.66. The van der Waals surface area contributed by atoms with E-state index >= 15 is 0 Å². The van der Waals surface area contributed by atoms with Gasteiger partial charge in [0.25, 0.3) is 0 Å². The third-order valence-corrected chi connectivity index (χ3v) is 5.35. The van der Waals surface area contributed by atoms with Crippen LogP contribution in [0.1, 0.15) is 23.6 Å². The molecule has 3 rings (SSSR count). The normalized spacial score (nSPS) is 11.2. The van der Waals surface area contributed by atoms with Gasteiger partial charge in [0.15, 0.2) is 0 Å². The van der Waals surface area contributed by atoms with Crippen molar-refractivity contribution in [1.82, 2.24) is 10.4 Å². The van der Waals surface area contributed by atoms with E-state index in [0.29, 0.717) is 19.4 Å². The molecule has 1 heterocycles. The summed E-state index contributed by atoms with van der Waals surface area (Å²) in [5, 5.41) is 18.7.